The molecule has 0 aliphatic carbocycles. The Hall–Kier alpha value is -4.46. The van der Waals surface area contributed by atoms with Crippen molar-refractivity contribution in [3.63, 3.8) is 0 Å². The fourth-order valence-electron chi connectivity index (χ4n) is 3.23. The van der Waals surface area contributed by atoms with E-state index in [-0.39, 0.29) is 0 Å². The monoisotopic (exact) mass is 410 g/mol. The van der Waals surface area contributed by atoms with E-state index in [9.17, 15) is 4.79 Å². The third kappa shape index (κ3) is 3.99. The van der Waals surface area contributed by atoms with Crippen molar-refractivity contribution in [2.24, 2.45) is 0 Å². The van der Waals surface area contributed by atoms with Crippen molar-refractivity contribution in [2.75, 3.05) is 10.6 Å². The zero-order valence-electron chi connectivity index (χ0n) is 16.6. The molecule has 31 heavy (non-hydrogen) atoms. The van der Waals surface area contributed by atoms with Crippen LogP contribution in [0.3, 0.4) is 0 Å². The Bertz CT molecular complexity index is 1430. The van der Waals surface area contributed by atoms with Gasteiger partial charge in [0.2, 0.25) is 5.95 Å². The standard InChI is InChI=1S/C23H18N6O2/c1-14-12-25-22(27-17-6-2-4-15(10-17)16-5-3-9-24-13-16)29-21(14)26-18-7-8-20-19(11-18)28-23(30)31-20/h2-13H,1H3,(H,28,30)(H2,25,26,27,29). The molecule has 8 nitrogen and oxygen atoms in total. The number of fused-ring (bicyclic) bond motifs is 1. The fourth-order valence-corrected chi connectivity index (χ4v) is 3.23. The van der Waals surface area contributed by atoms with Crippen LogP contribution in [0.1, 0.15) is 5.56 Å². The van der Waals surface area contributed by atoms with Gasteiger partial charge in [0.1, 0.15) is 5.82 Å². The Kier molecular flexibility index (Phi) is 4.64. The number of aryl methyl sites for hydroxylation is 1. The lowest BCUT2D eigenvalue weighted by molar-refractivity contribution is 0.555. The maximum atomic E-state index is 11.4. The molecule has 0 bridgehead atoms. The van der Waals surface area contributed by atoms with Gasteiger partial charge in [-0.2, -0.15) is 4.98 Å². The molecule has 0 saturated heterocycles. The molecule has 0 spiro atoms. The van der Waals surface area contributed by atoms with Crippen LogP contribution >= 0.6 is 0 Å². The molecule has 0 saturated carbocycles. The van der Waals surface area contributed by atoms with Gasteiger partial charge in [-0.3, -0.25) is 9.97 Å². The Morgan fingerprint density at radius 3 is 2.68 bits per heavy atom. The van der Waals surface area contributed by atoms with Gasteiger partial charge in [0.15, 0.2) is 5.58 Å². The van der Waals surface area contributed by atoms with E-state index in [1.54, 1.807) is 24.5 Å². The summed E-state index contributed by atoms with van der Waals surface area (Å²) in [6, 6.07) is 17.3. The highest BCUT2D eigenvalue weighted by atomic mass is 16.4. The van der Waals surface area contributed by atoms with Crippen LogP contribution in [0.4, 0.5) is 23.1 Å². The highest BCUT2D eigenvalue weighted by molar-refractivity contribution is 5.78. The quantitative estimate of drug-likeness (QED) is 0.383. The molecular formula is C23H18N6O2. The lowest BCUT2D eigenvalue weighted by atomic mass is 10.1. The number of hydrogen-bond acceptors (Lipinski definition) is 7. The largest absolute Gasteiger partial charge is 0.417 e. The number of nitrogens with zero attached hydrogens (tertiary/aromatic N) is 3. The maximum Gasteiger partial charge on any atom is 0.417 e. The summed E-state index contributed by atoms with van der Waals surface area (Å²) in [5.41, 5.74) is 5.73. The van der Waals surface area contributed by atoms with Crippen molar-refractivity contribution in [3.8, 4) is 11.1 Å². The first-order valence-electron chi connectivity index (χ1n) is 9.65. The smallest absolute Gasteiger partial charge is 0.408 e. The van der Waals surface area contributed by atoms with Gasteiger partial charge in [-0.15, -0.1) is 0 Å². The van der Waals surface area contributed by atoms with Crippen LogP contribution in [0.25, 0.3) is 22.2 Å². The van der Waals surface area contributed by atoms with Crippen LogP contribution in [0.5, 0.6) is 0 Å². The molecule has 152 valence electrons. The van der Waals surface area contributed by atoms with Gasteiger partial charge in [0.05, 0.1) is 5.52 Å². The molecule has 5 aromatic rings. The van der Waals surface area contributed by atoms with Crippen LogP contribution in [0.2, 0.25) is 0 Å². The van der Waals surface area contributed by atoms with E-state index in [0.29, 0.717) is 22.9 Å². The number of oxazole rings is 1. The third-order valence-electron chi connectivity index (χ3n) is 4.77. The highest BCUT2D eigenvalue weighted by Gasteiger charge is 2.08. The number of hydrogen-bond donors (Lipinski definition) is 3. The number of aromatic nitrogens is 4. The lowest BCUT2D eigenvalue weighted by Gasteiger charge is -2.12. The molecule has 0 amide bonds. The van der Waals surface area contributed by atoms with E-state index in [2.05, 4.69) is 30.6 Å². The average Bonchev–Trinajstić information content (AvgIpc) is 3.16. The number of nitrogens with one attached hydrogen (secondary N) is 3. The second-order valence-electron chi connectivity index (χ2n) is 7.02. The predicted molar refractivity (Wildman–Crippen MR) is 120 cm³/mol. The molecule has 8 heteroatoms. The van der Waals surface area contributed by atoms with E-state index < -0.39 is 5.76 Å². The summed E-state index contributed by atoms with van der Waals surface area (Å²) in [6.07, 6.45) is 5.33. The molecule has 3 aromatic heterocycles. The van der Waals surface area contributed by atoms with Gasteiger partial charge >= 0.3 is 5.76 Å². The van der Waals surface area contributed by atoms with Gasteiger partial charge in [-0.1, -0.05) is 18.2 Å². The minimum Gasteiger partial charge on any atom is -0.408 e. The molecule has 3 N–H and O–H groups in total. The van der Waals surface area contributed by atoms with Gasteiger partial charge in [-0.05, 0) is 48.9 Å². The van der Waals surface area contributed by atoms with E-state index in [4.69, 9.17) is 4.42 Å². The van der Waals surface area contributed by atoms with E-state index in [0.717, 1.165) is 28.1 Å². The number of benzene rings is 2. The van der Waals surface area contributed by atoms with Crippen molar-refractivity contribution in [2.45, 2.75) is 6.92 Å². The Morgan fingerprint density at radius 1 is 0.935 bits per heavy atom. The number of rotatable bonds is 5. The molecule has 0 unspecified atom stereocenters. The van der Waals surface area contributed by atoms with Crippen LogP contribution in [0.15, 0.2) is 82.4 Å². The van der Waals surface area contributed by atoms with Gasteiger partial charge in [0.25, 0.3) is 0 Å². The molecular weight excluding hydrogens is 392 g/mol. The summed E-state index contributed by atoms with van der Waals surface area (Å²) in [7, 11) is 0. The van der Waals surface area contributed by atoms with Crippen molar-refractivity contribution < 1.29 is 4.42 Å². The van der Waals surface area contributed by atoms with E-state index in [1.807, 2.05) is 55.6 Å². The van der Waals surface area contributed by atoms with Gasteiger partial charge < -0.3 is 15.1 Å². The molecule has 3 heterocycles. The summed E-state index contributed by atoms with van der Waals surface area (Å²) >= 11 is 0. The summed E-state index contributed by atoms with van der Waals surface area (Å²) in [5, 5.41) is 6.53. The molecule has 0 radical (unpaired) electrons. The van der Waals surface area contributed by atoms with Crippen LogP contribution in [-0.4, -0.2) is 19.9 Å². The number of pyridine rings is 1. The first kappa shape index (κ1) is 18.6. The fraction of sp³-hybridized carbons (Fsp3) is 0.0435. The summed E-state index contributed by atoms with van der Waals surface area (Å²) in [5.74, 6) is 0.644. The minimum absolute atomic E-state index is 0.467. The third-order valence-corrected chi connectivity index (χ3v) is 4.77. The summed E-state index contributed by atoms with van der Waals surface area (Å²) in [4.78, 5) is 27.2. The van der Waals surface area contributed by atoms with Crippen molar-refractivity contribution >= 4 is 34.2 Å². The van der Waals surface area contributed by atoms with E-state index in [1.165, 1.54) is 0 Å². The molecule has 2 aromatic carbocycles. The SMILES string of the molecule is Cc1cnc(Nc2cccc(-c3cccnc3)c2)nc1Nc1ccc2oc(=O)[nH]c2c1. The Balaban J connectivity index is 1.40. The second-order valence-corrected chi connectivity index (χ2v) is 7.02. The lowest BCUT2D eigenvalue weighted by Crippen LogP contribution is -2.03. The topological polar surface area (TPSA) is 109 Å². The van der Waals surface area contributed by atoms with Gasteiger partial charge in [-0.25, -0.2) is 9.78 Å². The zero-order valence-corrected chi connectivity index (χ0v) is 16.6. The first-order valence-corrected chi connectivity index (χ1v) is 9.65. The minimum atomic E-state index is -0.481. The second kappa shape index (κ2) is 7.75. The number of H-pyrrole nitrogens is 1. The molecule has 0 atom stereocenters. The normalized spacial score (nSPS) is 10.9. The van der Waals surface area contributed by atoms with Crippen LogP contribution in [-0.2, 0) is 0 Å². The maximum absolute atomic E-state index is 11.4. The zero-order chi connectivity index (χ0) is 21.2. The predicted octanol–water partition coefficient (Wildman–Crippen LogP) is 4.77. The van der Waals surface area contributed by atoms with Crippen molar-refractivity contribution in [1.29, 1.82) is 0 Å². The summed E-state index contributed by atoms with van der Waals surface area (Å²) in [6.45, 7) is 1.92. The van der Waals surface area contributed by atoms with Crippen molar-refractivity contribution in [3.05, 3.63) is 89.3 Å². The Labute approximate surface area is 177 Å². The van der Waals surface area contributed by atoms with E-state index >= 15 is 0 Å². The van der Waals surface area contributed by atoms with Crippen LogP contribution in [0, 0.1) is 6.92 Å². The number of anilines is 4. The van der Waals surface area contributed by atoms with Crippen LogP contribution < -0.4 is 16.4 Å². The molecule has 5 rings (SSSR count). The molecule has 0 aliphatic heterocycles. The Morgan fingerprint density at radius 2 is 1.81 bits per heavy atom. The van der Waals surface area contributed by atoms with Gasteiger partial charge in [0, 0.05) is 41.1 Å². The van der Waals surface area contributed by atoms with Crippen molar-refractivity contribution in [1.82, 2.24) is 19.9 Å². The molecule has 0 aliphatic rings. The highest BCUT2D eigenvalue weighted by Crippen LogP contribution is 2.25. The summed E-state index contributed by atoms with van der Waals surface area (Å²) < 4.78 is 5.05. The number of aromatic amines is 1. The average molecular weight is 410 g/mol. The molecule has 0 fully saturated rings. The first-order chi connectivity index (χ1) is 15.1.